The lowest BCUT2D eigenvalue weighted by atomic mass is 10.0. The van der Waals surface area contributed by atoms with Crippen LogP contribution in [0.3, 0.4) is 0 Å². The van der Waals surface area contributed by atoms with E-state index in [1.807, 2.05) is 0 Å². The Morgan fingerprint density at radius 3 is 1.11 bits per heavy atom. The summed E-state index contributed by atoms with van der Waals surface area (Å²) in [7, 11) is 0. The largest absolute Gasteiger partial charge is 0.355 e. The van der Waals surface area contributed by atoms with Crippen molar-refractivity contribution in [3.05, 3.63) is 0 Å². The molecule has 0 saturated carbocycles. The van der Waals surface area contributed by atoms with Gasteiger partial charge in [0.2, 0.25) is 11.8 Å². The fourth-order valence-corrected chi connectivity index (χ4v) is 4.83. The topological polar surface area (TPSA) is 58.2 Å². The van der Waals surface area contributed by atoms with Gasteiger partial charge in [0.1, 0.15) is 0 Å². The molecule has 214 valence electrons. The van der Waals surface area contributed by atoms with E-state index in [0.717, 1.165) is 25.8 Å². The number of carbonyl (C=O) groups is 2. The maximum atomic E-state index is 11.9. The number of unbranched alkanes of at least 4 members (excludes halogenated alkanes) is 23. The van der Waals surface area contributed by atoms with Crippen molar-refractivity contribution >= 4 is 11.8 Å². The summed E-state index contributed by atoms with van der Waals surface area (Å²) in [5, 5.41) is 5.70. The summed E-state index contributed by atoms with van der Waals surface area (Å²) in [6.07, 6.45) is 33.4. The van der Waals surface area contributed by atoms with Crippen LogP contribution < -0.4 is 10.6 Å². The highest BCUT2D eigenvalue weighted by Crippen LogP contribution is 2.14. The first-order valence-electron chi connectivity index (χ1n) is 16.2. The molecule has 0 rings (SSSR count). The molecule has 0 aromatic rings. The van der Waals surface area contributed by atoms with Crippen molar-refractivity contribution in [3.8, 4) is 0 Å². The highest BCUT2D eigenvalue weighted by Gasteiger charge is 2.05. The van der Waals surface area contributed by atoms with Crippen LogP contribution in [0, 0.1) is 0 Å². The summed E-state index contributed by atoms with van der Waals surface area (Å²) in [6, 6.07) is 0. The third kappa shape index (κ3) is 29.2. The Balaban J connectivity index is 3.28. The van der Waals surface area contributed by atoms with Crippen molar-refractivity contribution in [1.29, 1.82) is 0 Å². The van der Waals surface area contributed by atoms with Crippen LogP contribution in [0.4, 0.5) is 0 Å². The summed E-state index contributed by atoms with van der Waals surface area (Å²) >= 11 is 0. The Kier molecular flexibility index (Phi) is 29.3. The van der Waals surface area contributed by atoms with Gasteiger partial charge in [0.25, 0.3) is 0 Å². The molecular weight excluding hydrogens is 444 g/mol. The van der Waals surface area contributed by atoms with Gasteiger partial charge in [-0.2, -0.15) is 0 Å². The van der Waals surface area contributed by atoms with Crippen LogP contribution in [-0.2, 0) is 9.59 Å². The number of nitrogens with one attached hydrogen (secondary N) is 2. The minimum absolute atomic E-state index is 0.0128. The lowest BCUT2D eigenvalue weighted by Crippen LogP contribution is -2.37. The summed E-state index contributed by atoms with van der Waals surface area (Å²) in [5.74, 6) is -0.0467. The van der Waals surface area contributed by atoms with Gasteiger partial charge in [-0.25, -0.2) is 0 Å². The number of hydrogen-bond donors (Lipinski definition) is 2. The van der Waals surface area contributed by atoms with E-state index in [0.29, 0.717) is 6.42 Å². The SMILES string of the molecule is CCCCCCCCCCCCCCCCCC(=O)NCC(=O)NCCCCCCCCCCCC. The summed E-state index contributed by atoms with van der Waals surface area (Å²) < 4.78 is 0. The van der Waals surface area contributed by atoms with Crippen LogP contribution in [-0.4, -0.2) is 24.9 Å². The van der Waals surface area contributed by atoms with Gasteiger partial charge in [-0.15, -0.1) is 0 Å². The molecule has 0 atom stereocenters. The number of carbonyl (C=O) groups excluding carboxylic acids is 2. The molecule has 0 aromatic carbocycles. The van der Waals surface area contributed by atoms with Crippen LogP contribution in [0.25, 0.3) is 0 Å². The Hall–Kier alpha value is -1.06. The number of amides is 2. The van der Waals surface area contributed by atoms with E-state index >= 15 is 0 Å². The standard InChI is InChI=1S/C32H64N2O2/c1-3-5-7-9-11-13-15-16-17-18-19-20-22-24-26-28-31(35)34-30-32(36)33-29-27-25-23-21-14-12-10-8-6-4-2/h3-30H2,1-2H3,(H,33,36)(H,34,35). The molecule has 4 heteroatoms. The first-order valence-corrected chi connectivity index (χ1v) is 16.2. The summed E-state index contributed by atoms with van der Waals surface area (Å²) in [4.78, 5) is 23.8. The quantitative estimate of drug-likeness (QED) is 0.0988. The summed E-state index contributed by atoms with van der Waals surface area (Å²) in [6.45, 7) is 5.38. The van der Waals surface area contributed by atoms with Gasteiger partial charge in [0, 0.05) is 13.0 Å². The molecule has 4 nitrogen and oxygen atoms in total. The lowest BCUT2D eigenvalue weighted by Gasteiger charge is -2.07. The van der Waals surface area contributed by atoms with Crippen molar-refractivity contribution in [2.75, 3.05) is 13.1 Å². The average Bonchev–Trinajstić information content (AvgIpc) is 2.88. The maximum Gasteiger partial charge on any atom is 0.239 e. The lowest BCUT2D eigenvalue weighted by molar-refractivity contribution is -0.126. The Labute approximate surface area is 225 Å². The monoisotopic (exact) mass is 508 g/mol. The van der Waals surface area contributed by atoms with Gasteiger partial charge in [-0.3, -0.25) is 9.59 Å². The van der Waals surface area contributed by atoms with Gasteiger partial charge < -0.3 is 10.6 Å². The zero-order valence-electron chi connectivity index (χ0n) is 24.6. The van der Waals surface area contributed by atoms with Crippen LogP contribution in [0.5, 0.6) is 0 Å². The van der Waals surface area contributed by atoms with Crippen molar-refractivity contribution in [1.82, 2.24) is 10.6 Å². The van der Waals surface area contributed by atoms with E-state index in [-0.39, 0.29) is 18.4 Å². The van der Waals surface area contributed by atoms with E-state index in [2.05, 4.69) is 24.5 Å². The predicted molar refractivity (Wildman–Crippen MR) is 157 cm³/mol. The van der Waals surface area contributed by atoms with E-state index in [9.17, 15) is 9.59 Å². The molecule has 0 unspecified atom stereocenters. The molecule has 0 aromatic heterocycles. The Morgan fingerprint density at radius 2 is 0.722 bits per heavy atom. The van der Waals surface area contributed by atoms with Gasteiger partial charge in [-0.1, -0.05) is 162 Å². The normalized spacial score (nSPS) is 11.1. The molecule has 0 fully saturated rings. The molecule has 2 N–H and O–H groups in total. The van der Waals surface area contributed by atoms with Crippen molar-refractivity contribution in [2.45, 2.75) is 181 Å². The molecular formula is C32H64N2O2. The molecule has 0 aliphatic rings. The van der Waals surface area contributed by atoms with E-state index in [1.54, 1.807) is 0 Å². The predicted octanol–water partition coefficient (Wildman–Crippen LogP) is 9.40. The molecule has 36 heavy (non-hydrogen) atoms. The van der Waals surface area contributed by atoms with Crippen molar-refractivity contribution in [2.24, 2.45) is 0 Å². The van der Waals surface area contributed by atoms with Crippen molar-refractivity contribution in [3.63, 3.8) is 0 Å². The van der Waals surface area contributed by atoms with E-state index in [4.69, 9.17) is 0 Å². The molecule has 0 aliphatic carbocycles. The number of hydrogen-bond acceptors (Lipinski definition) is 2. The molecule has 0 radical (unpaired) electrons. The fourth-order valence-electron chi connectivity index (χ4n) is 4.83. The zero-order valence-corrected chi connectivity index (χ0v) is 24.6. The molecule has 0 heterocycles. The van der Waals surface area contributed by atoms with Crippen LogP contribution in [0.15, 0.2) is 0 Å². The highest BCUT2D eigenvalue weighted by atomic mass is 16.2. The van der Waals surface area contributed by atoms with E-state index < -0.39 is 0 Å². The molecule has 2 amide bonds. The third-order valence-corrected chi connectivity index (χ3v) is 7.31. The third-order valence-electron chi connectivity index (χ3n) is 7.31. The van der Waals surface area contributed by atoms with Crippen LogP contribution >= 0.6 is 0 Å². The fraction of sp³-hybridized carbons (Fsp3) is 0.938. The average molecular weight is 509 g/mol. The van der Waals surface area contributed by atoms with Crippen molar-refractivity contribution < 1.29 is 9.59 Å². The van der Waals surface area contributed by atoms with Crippen LogP contribution in [0.2, 0.25) is 0 Å². The minimum atomic E-state index is -0.0595. The van der Waals surface area contributed by atoms with Gasteiger partial charge >= 0.3 is 0 Å². The number of rotatable bonds is 29. The highest BCUT2D eigenvalue weighted by molar-refractivity contribution is 5.84. The second-order valence-electron chi connectivity index (χ2n) is 11.0. The second-order valence-corrected chi connectivity index (χ2v) is 11.0. The molecule has 0 bridgehead atoms. The van der Waals surface area contributed by atoms with Gasteiger partial charge in [0.05, 0.1) is 6.54 Å². The zero-order chi connectivity index (χ0) is 26.4. The smallest absolute Gasteiger partial charge is 0.239 e. The first kappa shape index (κ1) is 34.9. The molecule has 0 saturated heterocycles. The Bertz CT molecular complexity index is 467. The maximum absolute atomic E-state index is 11.9. The summed E-state index contributed by atoms with van der Waals surface area (Å²) in [5.41, 5.74) is 0. The first-order chi connectivity index (χ1) is 17.7. The van der Waals surface area contributed by atoms with Gasteiger partial charge in [0.15, 0.2) is 0 Å². The molecule has 0 aliphatic heterocycles. The van der Waals surface area contributed by atoms with Crippen LogP contribution in [0.1, 0.15) is 181 Å². The molecule has 0 spiro atoms. The van der Waals surface area contributed by atoms with Gasteiger partial charge in [-0.05, 0) is 12.8 Å². The second kappa shape index (κ2) is 30.2. The minimum Gasteiger partial charge on any atom is -0.355 e. The Morgan fingerprint density at radius 1 is 0.389 bits per heavy atom. The van der Waals surface area contributed by atoms with E-state index in [1.165, 1.54) is 141 Å².